The maximum absolute atomic E-state index is 11.7. The Morgan fingerprint density at radius 2 is 2.17 bits per heavy atom. The average molecular weight is 256 g/mol. The van der Waals surface area contributed by atoms with Crippen molar-refractivity contribution in [2.24, 2.45) is 5.92 Å². The molecule has 102 valence electrons. The molecule has 6 nitrogen and oxygen atoms in total. The molecule has 2 amide bonds. The lowest BCUT2D eigenvalue weighted by Crippen LogP contribution is -2.43. The van der Waals surface area contributed by atoms with Crippen LogP contribution in [-0.2, 0) is 4.79 Å². The molecule has 0 radical (unpaired) electrons. The van der Waals surface area contributed by atoms with E-state index in [0.29, 0.717) is 19.4 Å². The highest BCUT2D eigenvalue weighted by molar-refractivity contribution is 5.76. The molecule has 1 rings (SSSR count). The normalized spacial score (nSPS) is 23.7. The first-order valence-electron chi connectivity index (χ1n) is 6.01. The molecule has 0 fully saturated rings. The second-order valence-electron chi connectivity index (χ2n) is 4.68. The zero-order valence-electron chi connectivity index (χ0n) is 10.7. The summed E-state index contributed by atoms with van der Waals surface area (Å²) in [5.41, 5.74) is 0. The van der Waals surface area contributed by atoms with Gasteiger partial charge < -0.3 is 20.4 Å². The van der Waals surface area contributed by atoms with Crippen LogP contribution in [0.25, 0.3) is 0 Å². The number of carboxylic acids is 1. The van der Waals surface area contributed by atoms with Crippen LogP contribution in [0.5, 0.6) is 0 Å². The van der Waals surface area contributed by atoms with E-state index in [0.717, 1.165) is 0 Å². The van der Waals surface area contributed by atoms with Crippen LogP contribution in [0.1, 0.15) is 19.8 Å². The van der Waals surface area contributed by atoms with Gasteiger partial charge in [0, 0.05) is 13.6 Å². The summed E-state index contributed by atoms with van der Waals surface area (Å²) < 4.78 is 0. The van der Waals surface area contributed by atoms with Crippen molar-refractivity contribution in [3.05, 3.63) is 12.2 Å². The molecule has 3 atom stereocenters. The number of carboxylic acid groups (broad SMARTS) is 1. The second-order valence-corrected chi connectivity index (χ2v) is 4.68. The molecule has 0 spiro atoms. The van der Waals surface area contributed by atoms with Crippen molar-refractivity contribution in [2.75, 3.05) is 13.6 Å². The smallest absolute Gasteiger partial charge is 0.317 e. The van der Waals surface area contributed by atoms with Crippen LogP contribution in [0.15, 0.2) is 12.2 Å². The molecule has 0 aliphatic heterocycles. The predicted molar refractivity (Wildman–Crippen MR) is 66.1 cm³/mol. The fourth-order valence-corrected chi connectivity index (χ4v) is 1.74. The Kier molecular flexibility index (Phi) is 5.15. The first kappa shape index (κ1) is 14.5. The topological polar surface area (TPSA) is 89.9 Å². The summed E-state index contributed by atoms with van der Waals surface area (Å²) in [6.07, 6.45) is 3.78. The summed E-state index contributed by atoms with van der Waals surface area (Å²) in [6, 6.07) is -0.482. The van der Waals surface area contributed by atoms with Gasteiger partial charge in [-0.15, -0.1) is 0 Å². The van der Waals surface area contributed by atoms with Crippen molar-refractivity contribution < 1.29 is 19.8 Å². The van der Waals surface area contributed by atoms with Gasteiger partial charge in [-0.25, -0.2) is 4.79 Å². The molecule has 3 unspecified atom stereocenters. The largest absolute Gasteiger partial charge is 0.481 e. The van der Waals surface area contributed by atoms with Crippen LogP contribution in [0.4, 0.5) is 4.79 Å². The summed E-state index contributed by atoms with van der Waals surface area (Å²) in [5, 5.41) is 20.7. The third kappa shape index (κ3) is 4.37. The molecule has 0 saturated carbocycles. The summed E-state index contributed by atoms with van der Waals surface area (Å²) in [4.78, 5) is 24.0. The van der Waals surface area contributed by atoms with E-state index in [1.807, 2.05) is 0 Å². The van der Waals surface area contributed by atoms with E-state index in [2.05, 4.69) is 5.32 Å². The molecule has 0 saturated heterocycles. The molecule has 18 heavy (non-hydrogen) atoms. The maximum atomic E-state index is 11.7. The van der Waals surface area contributed by atoms with Gasteiger partial charge in [0.2, 0.25) is 0 Å². The molecule has 0 aromatic heterocycles. The van der Waals surface area contributed by atoms with Crippen LogP contribution in [0.2, 0.25) is 0 Å². The van der Waals surface area contributed by atoms with Gasteiger partial charge in [-0.2, -0.15) is 0 Å². The van der Waals surface area contributed by atoms with Crippen molar-refractivity contribution in [1.29, 1.82) is 0 Å². The van der Waals surface area contributed by atoms with Crippen LogP contribution < -0.4 is 5.32 Å². The van der Waals surface area contributed by atoms with Gasteiger partial charge in [-0.3, -0.25) is 4.79 Å². The molecule has 0 bridgehead atoms. The molecule has 0 heterocycles. The van der Waals surface area contributed by atoms with E-state index in [9.17, 15) is 9.59 Å². The average Bonchev–Trinajstić information content (AvgIpc) is 2.74. The van der Waals surface area contributed by atoms with Gasteiger partial charge >= 0.3 is 12.0 Å². The Hall–Kier alpha value is -1.56. The fourth-order valence-electron chi connectivity index (χ4n) is 1.74. The van der Waals surface area contributed by atoms with Crippen molar-refractivity contribution in [3.63, 3.8) is 0 Å². The fraction of sp³-hybridized carbons (Fsp3) is 0.667. The number of aliphatic hydroxyl groups is 1. The zero-order chi connectivity index (χ0) is 13.7. The Bertz CT molecular complexity index is 341. The molecule has 6 heteroatoms. The maximum Gasteiger partial charge on any atom is 0.317 e. The molecule has 0 aromatic rings. The van der Waals surface area contributed by atoms with Crippen LogP contribution >= 0.6 is 0 Å². The number of nitrogens with one attached hydrogen (secondary N) is 1. The van der Waals surface area contributed by atoms with E-state index >= 15 is 0 Å². The number of nitrogens with zero attached hydrogens (tertiary/aromatic N) is 1. The van der Waals surface area contributed by atoms with E-state index in [-0.39, 0.29) is 12.1 Å². The molecule has 1 aliphatic carbocycles. The van der Waals surface area contributed by atoms with Crippen molar-refractivity contribution in [1.82, 2.24) is 10.2 Å². The quantitative estimate of drug-likeness (QED) is 0.622. The van der Waals surface area contributed by atoms with E-state index in [1.165, 1.54) is 4.90 Å². The summed E-state index contributed by atoms with van der Waals surface area (Å²) in [5.74, 6) is -1.39. The number of hydrogen-bond acceptors (Lipinski definition) is 3. The molecule has 0 aromatic carbocycles. The monoisotopic (exact) mass is 256 g/mol. The number of aliphatic hydroxyl groups excluding tert-OH is 1. The standard InChI is InChI=1S/C12H20N2O4/c1-8(15)5-6-14(2)12(18)13-10-4-3-9(7-10)11(16)17/h3-4,8-10,15H,5-7H2,1-2H3,(H,13,18)(H,16,17). The number of aliphatic carboxylic acids is 1. The SMILES string of the molecule is CC(O)CCN(C)C(=O)NC1C=CC(C(=O)O)C1. The van der Waals surface area contributed by atoms with Crippen molar-refractivity contribution in [2.45, 2.75) is 31.9 Å². The lowest BCUT2D eigenvalue weighted by molar-refractivity contribution is -0.140. The van der Waals surface area contributed by atoms with Gasteiger partial charge in [0.25, 0.3) is 0 Å². The lowest BCUT2D eigenvalue weighted by Gasteiger charge is -2.21. The summed E-state index contributed by atoms with van der Waals surface area (Å²) in [6.45, 7) is 2.13. The summed E-state index contributed by atoms with van der Waals surface area (Å²) in [7, 11) is 1.64. The van der Waals surface area contributed by atoms with Gasteiger partial charge in [0.05, 0.1) is 18.1 Å². The molecule has 3 N–H and O–H groups in total. The highest BCUT2D eigenvalue weighted by Crippen LogP contribution is 2.18. The number of amides is 2. The number of carbonyl (C=O) groups excluding carboxylic acids is 1. The second kappa shape index (κ2) is 6.39. The minimum atomic E-state index is -0.870. The first-order chi connectivity index (χ1) is 8.40. The van der Waals surface area contributed by atoms with Crippen molar-refractivity contribution in [3.8, 4) is 0 Å². The van der Waals surface area contributed by atoms with Gasteiger partial charge in [-0.1, -0.05) is 12.2 Å². The van der Waals surface area contributed by atoms with Gasteiger partial charge in [0.1, 0.15) is 0 Å². The Morgan fingerprint density at radius 3 is 2.67 bits per heavy atom. The number of carbonyl (C=O) groups is 2. The predicted octanol–water partition coefficient (Wildman–Crippen LogP) is 0.428. The number of rotatable bonds is 5. The lowest BCUT2D eigenvalue weighted by atomic mass is 10.1. The minimum Gasteiger partial charge on any atom is -0.481 e. The highest BCUT2D eigenvalue weighted by Gasteiger charge is 2.26. The van der Waals surface area contributed by atoms with E-state index in [1.54, 1.807) is 26.1 Å². The Balaban J connectivity index is 2.33. The molecular formula is C12H20N2O4. The van der Waals surface area contributed by atoms with Crippen LogP contribution in [0, 0.1) is 5.92 Å². The van der Waals surface area contributed by atoms with E-state index < -0.39 is 18.0 Å². The minimum absolute atomic E-state index is 0.229. The zero-order valence-corrected chi connectivity index (χ0v) is 10.7. The third-order valence-corrected chi connectivity index (χ3v) is 2.94. The van der Waals surface area contributed by atoms with Gasteiger partial charge in [0.15, 0.2) is 0 Å². The van der Waals surface area contributed by atoms with Crippen LogP contribution in [0.3, 0.4) is 0 Å². The molecule has 1 aliphatic rings. The highest BCUT2D eigenvalue weighted by atomic mass is 16.4. The Labute approximate surface area is 106 Å². The van der Waals surface area contributed by atoms with Gasteiger partial charge in [-0.05, 0) is 19.8 Å². The van der Waals surface area contributed by atoms with Crippen molar-refractivity contribution >= 4 is 12.0 Å². The third-order valence-electron chi connectivity index (χ3n) is 2.94. The van der Waals surface area contributed by atoms with Crippen LogP contribution in [-0.4, -0.2) is 52.9 Å². The first-order valence-corrected chi connectivity index (χ1v) is 6.01. The molecular weight excluding hydrogens is 236 g/mol. The Morgan fingerprint density at radius 1 is 1.50 bits per heavy atom. The number of urea groups is 1. The van der Waals surface area contributed by atoms with E-state index in [4.69, 9.17) is 10.2 Å². The number of hydrogen-bond donors (Lipinski definition) is 3. The summed E-state index contributed by atoms with van der Waals surface area (Å²) >= 11 is 0.